The summed E-state index contributed by atoms with van der Waals surface area (Å²) in [6.07, 6.45) is 6.83. The number of benzene rings is 1. The van der Waals surface area contributed by atoms with Gasteiger partial charge in [-0.25, -0.2) is 0 Å². The maximum Gasteiger partial charge on any atom is 0.0622 e. The van der Waals surface area contributed by atoms with Crippen molar-refractivity contribution in [3.63, 3.8) is 0 Å². The fourth-order valence-electron chi connectivity index (χ4n) is 2.70. The SMILES string of the molecule is CN(CCCC#N)Cc1ccc2c(c1)CCCC2. The highest BCUT2D eigenvalue weighted by Crippen LogP contribution is 2.22. The molecule has 0 saturated heterocycles. The van der Waals surface area contributed by atoms with Crippen molar-refractivity contribution in [2.75, 3.05) is 13.6 Å². The third kappa shape index (κ3) is 3.58. The van der Waals surface area contributed by atoms with Gasteiger partial charge in [-0.15, -0.1) is 0 Å². The smallest absolute Gasteiger partial charge is 0.0622 e. The summed E-state index contributed by atoms with van der Waals surface area (Å²) in [5, 5.41) is 8.53. The number of hydrogen-bond acceptors (Lipinski definition) is 2. The molecule has 18 heavy (non-hydrogen) atoms. The van der Waals surface area contributed by atoms with Gasteiger partial charge in [0.1, 0.15) is 0 Å². The van der Waals surface area contributed by atoms with Crippen LogP contribution in [0, 0.1) is 11.3 Å². The molecule has 0 aromatic heterocycles. The molecule has 2 rings (SSSR count). The van der Waals surface area contributed by atoms with E-state index in [2.05, 4.69) is 36.2 Å². The van der Waals surface area contributed by atoms with E-state index in [0.29, 0.717) is 6.42 Å². The zero-order valence-corrected chi connectivity index (χ0v) is 11.3. The first-order valence-corrected chi connectivity index (χ1v) is 6.96. The average molecular weight is 242 g/mol. The molecule has 0 bridgehead atoms. The highest BCUT2D eigenvalue weighted by Gasteiger charge is 2.10. The fraction of sp³-hybridized carbons (Fsp3) is 0.562. The average Bonchev–Trinajstić information content (AvgIpc) is 2.39. The maximum absolute atomic E-state index is 8.53. The van der Waals surface area contributed by atoms with Gasteiger partial charge in [-0.3, -0.25) is 0 Å². The molecule has 1 aliphatic carbocycles. The second kappa shape index (κ2) is 6.56. The number of aryl methyl sites for hydroxylation is 2. The Kier molecular flexibility index (Phi) is 4.78. The third-order valence-electron chi connectivity index (χ3n) is 3.69. The van der Waals surface area contributed by atoms with E-state index in [4.69, 9.17) is 5.26 Å². The van der Waals surface area contributed by atoms with Crippen LogP contribution in [-0.4, -0.2) is 18.5 Å². The lowest BCUT2D eigenvalue weighted by Gasteiger charge is -2.19. The van der Waals surface area contributed by atoms with Gasteiger partial charge < -0.3 is 4.90 Å². The van der Waals surface area contributed by atoms with Crippen LogP contribution in [0.1, 0.15) is 42.4 Å². The van der Waals surface area contributed by atoms with Gasteiger partial charge in [-0.1, -0.05) is 18.2 Å². The number of nitrogens with zero attached hydrogens (tertiary/aromatic N) is 2. The molecule has 0 amide bonds. The van der Waals surface area contributed by atoms with Crippen molar-refractivity contribution in [2.45, 2.75) is 45.1 Å². The minimum absolute atomic E-state index is 0.661. The molecule has 96 valence electrons. The summed E-state index contributed by atoms with van der Waals surface area (Å²) in [5.41, 5.74) is 4.52. The first kappa shape index (κ1) is 13.1. The molecule has 0 spiro atoms. The number of rotatable bonds is 5. The van der Waals surface area contributed by atoms with Gasteiger partial charge in [0, 0.05) is 13.0 Å². The van der Waals surface area contributed by atoms with Gasteiger partial charge in [0.25, 0.3) is 0 Å². The molecule has 0 N–H and O–H groups in total. The third-order valence-corrected chi connectivity index (χ3v) is 3.69. The second-order valence-electron chi connectivity index (χ2n) is 5.31. The van der Waals surface area contributed by atoms with E-state index in [-0.39, 0.29) is 0 Å². The summed E-state index contributed by atoms with van der Waals surface area (Å²) in [6, 6.07) is 9.17. The van der Waals surface area contributed by atoms with Crippen molar-refractivity contribution >= 4 is 0 Å². The van der Waals surface area contributed by atoms with Gasteiger partial charge in [-0.05, 0) is 62.4 Å². The molecule has 1 aromatic carbocycles. The van der Waals surface area contributed by atoms with E-state index in [1.807, 2.05) is 0 Å². The lowest BCUT2D eigenvalue weighted by Crippen LogP contribution is -2.19. The van der Waals surface area contributed by atoms with Crippen LogP contribution in [0.15, 0.2) is 18.2 Å². The van der Waals surface area contributed by atoms with Gasteiger partial charge in [0.2, 0.25) is 0 Å². The quantitative estimate of drug-likeness (QED) is 0.741. The molecule has 0 saturated carbocycles. The summed E-state index contributed by atoms with van der Waals surface area (Å²) in [4.78, 5) is 2.31. The Bertz CT molecular complexity index is 431. The van der Waals surface area contributed by atoms with Gasteiger partial charge in [0.05, 0.1) is 6.07 Å². The minimum Gasteiger partial charge on any atom is -0.302 e. The molecule has 1 aliphatic rings. The zero-order chi connectivity index (χ0) is 12.8. The van der Waals surface area contributed by atoms with Crippen LogP contribution in [0.2, 0.25) is 0 Å². The molecule has 2 heteroatoms. The highest BCUT2D eigenvalue weighted by atomic mass is 15.1. The Balaban J connectivity index is 1.91. The molecule has 0 heterocycles. The number of hydrogen-bond donors (Lipinski definition) is 0. The monoisotopic (exact) mass is 242 g/mol. The molecule has 2 nitrogen and oxygen atoms in total. The Hall–Kier alpha value is -1.33. The summed E-state index contributed by atoms with van der Waals surface area (Å²) < 4.78 is 0. The van der Waals surface area contributed by atoms with Crippen LogP contribution in [0.5, 0.6) is 0 Å². The summed E-state index contributed by atoms with van der Waals surface area (Å²) in [5.74, 6) is 0. The minimum atomic E-state index is 0.661. The summed E-state index contributed by atoms with van der Waals surface area (Å²) in [6.45, 7) is 2.00. The largest absolute Gasteiger partial charge is 0.302 e. The zero-order valence-electron chi connectivity index (χ0n) is 11.3. The Morgan fingerprint density at radius 1 is 1.22 bits per heavy atom. The van der Waals surface area contributed by atoms with Crippen LogP contribution >= 0.6 is 0 Å². The van der Waals surface area contributed by atoms with Crippen molar-refractivity contribution in [1.29, 1.82) is 5.26 Å². The van der Waals surface area contributed by atoms with Crippen LogP contribution in [-0.2, 0) is 19.4 Å². The molecule has 0 unspecified atom stereocenters. The van der Waals surface area contributed by atoms with Crippen molar-refractivity contribution < 1.29 is 0 Å². The van der Waals surface area contributed by atoms with E-state index in [0.717, 1.165) is 19.5 Å². The van der Waals surface area contributed by atoms with Crippen molar-refractivity contribution in [2.24, 2.45) is 0 Å². The molecule has 0 fully saturated rings. The molecule has 0 aliphatic heterocycles. The fourth-order valence-corrected chi connectivity index (χ4v) is 2.70. The molecule has 0 atom stereocenters. The normalized spacial score (nSPS) is 14.3. The first-order chi connectivity index (χ1) is 8.79. The van der Waals surface area contributed by atoms with E-state index >= 15 is 0 Å². The lowest BCUT2D eigenvalue weighted by molar-refractivity contribution is 0.323. The Morgan fingerprint density at radius 3 is 2.78 bits per heavy atom. The Labute approximate surface area is 110 Å². The topological polar surface area (TPSA) is 27.0 Å². The predicted molar refractivity (Wildman–Crippen MR) is 74.3 cm³/mol. The number of fused-ring (bicyclic) bond motifs is 1. The standard InChI is InChI=1S/C16H22N2/c1-18(11-5-4-10-17)13-14-8-9-15-6-2-3-7-16(15)12-14/h8-9,12H,2-7,11,13H2,1H3. The van der Waals surface area contributed by atoms with Crippen LogP contribution in [0.25, 0.3) is 0 Å². The lowest BCUT2D eigenvalue weighted by atomic mass is 9.90. The van der Waals surface area contributed by atoms with Crippen molar-refractivity contribution in [1.82, 2.24) is 4.90 Å². The highest BCUT2D eigenvalue weighted by molar-refractivity contribution is 5.33. The first-order valence-electron chi connectivity index (χ1n) is 6.96. The van der Waals surface area contributed by atoms with Crippen molar-refractivity contribution in [3.05, 3.63) is 34.9 Å². The summed E-state index contributed by atoms with van der Waals surface area (Å²) >= 11 is 0. The van der Waals surface area contributed by atoms with Crippen LogP contribution in [0.4, 0.5) is 0 Å². The van der Waals surface area contributed by atoms with E-state index < -0.39 is 0 Å². The number of unbranched alkanes of at least 4 members (excludes halogenated alkanes) is 1. The maximum atomic E-state index is 8.53. The Morgan fingerprint density at radius 2 is 2.00 bits per heavy atom. The number of nitriles is 1. The summed E-state index contributed by atoms with van der Waals surface area (Å²) in [7, 11) is 2.14. The van der Waals surface area contributed by atoms with Gasteiger partial charge in [0.15, 0.2) is 0 Å². The van der Waals surface area contributed by atoms with E-state index in [1.54, 1.807) is 11.1 Å². The molecular weight excluding hydrogens is 220 g/mol. The molecular formula is C16H22N2. The second-order valence-corrected chi connectivity index (χ2v) is 5.31. The predicted octanol–water partition coefficient (Wildman–Crippen LogP) is 3.30. The van der Waals surface area contributed by atoms with Crippen molar-refractivity contribution in [3.8, 4) is 6.07 Å². The van der Waals surface area contributed by atoms with Crippen LogP contribution < -0.4 is 0 Å². The van der Waals surface area contributed by atoms with Crippen LogP contribution in [0.3, 0.4) is 0 Å². The van der Waals surface area contributed by atoms with Gasteiger partial charge >= 0.3 is 0 Å². The molecule has 1 aromatic rings. The van der Waals surface area contributed by atoms with Gasteiger partial charge in [-0.2, -0.15) is 5.26 Å². The van der Waals surface area contributed by atoms with E-state index in [1.165, 1.54) is 31.2 Å². The molecule has 0 radical (unpaired) electrons. The van der Waals surface area contributed by atoms with E-state index in [9.17, 15) is 0 Å².